The van der Waals surface area contributed by atoms with Gasteiger partial charge >= 0.3 is 0 Å². The molecule has 1 nitrogen and oxygen atoms in total. The van der Waals surface area contributed by atoms with E-state index < -0.39 is 0 Å². The normalized spacial score (nSPS) is 11.6. The summed E-state index contributed by atoms with van der Waals surface area (Å²) in [6.45, 7) is 7.18. The molecule has 0 radical (unpaired) electrons. The summed E-state index contributed by atoms with van der Waals surface area (Å²) in [6.07, 6.45) is 0. The van der Waals surface area contributed by atoms with E-state index in [1.165, 1.54) is 6.07 Å². The Balaban J connectivity index is 3.02. The standard InChI is InChI=1S/C13H19ClFN/c1-13(2,3)9-16(4)12-10(8-14)6-5-7-11(12)15/h5-7H,8-9H2,1-4H3. The summed E-state index contributed by atoms with van der Waals surface area (Å²) in [4.78, 5) is 1.94. The van der Waals surface area contributed by atoms with E-state index in [2.05, 4.69) is 20.8 Å². The fourth-order valence-corrected chi connectivity index (χ4v) is 2.10. The second-order valence-electron chi connectivity index (χ2n) is 5.30. The number of benzene rings is 1. The van der Waals surface area contributed by atoms with E-state index in [4.69, 9.17) is 11.6 Å². The topological polar surface area (TPSA) is 3.24 Å². The van der Waals surface area contributed by atoms with Crippen LogP contribution in [0.4, 0.5) is 10.1 Å². The number of alkyl halides is 1. The smallest absolute Gasteiger partial charge is 0.146 e. The molecule has 0 bridgehead atoms. The number of hydrogen-bond donors (Lipinski definition) is 0. The fraction of sp³-hybridized carbons (Fsp3) is 0.538. The van der Waals surface area contributed by atoms with Crippen LogP contribution in [0.25, 0.3) is 0 Å². The molecule has 16 heavy (non-hydrogen) atoms. The van der Waals surface area contributed by atoms with Crippen LogP contribution in [-0.4, -0.2) is 13.6 Å². The molecule has 3 heteroatoms. The van der Waals surface area contributed by atoms with Crippen molar-refractivity contribution >= 4 is 17.3 Å². The van der Waals surface area contributed by atoms with Gasteiger partial charge in [0.05, 0.1) is 5.69 Å². The van der Waals surface area contributed by atoms with Crippen molar-refractivity contribution in [3.05, 3.63) is 29.6 Å². The highest BCUT2D eigenvalue weighted by molar-refractivity contribution is 6.17. The molecule has 0 atom stereocenters. The third kappa shape index (κ3) is 3.38. The van der Waals surface area contributed by atoms with Crippen LogP contribution in [0.1, 0.15) is 26.3 Å². The molecule has 1 aromatic carbocycles. The van der Waals surface area contributed by atoms with Gasteiger partial charge in [0.1, 0.15) is 5.82 Å². The average molecular weight is 244 g/mol. The Morgan fingerprint density at radius 2 is 1.94 bits per heavy atom. The third-order valence-electron chi connectivity index (χ3n) is 2.31. The molecular formula is C13H19ClFN. The maximum absolute atomic E-state index is 13.8. The largest absolute Gasteiger partial charge is 0.371 e. The van der Waals surface area contributed by atoms with Gasteiger partial charge in [-0.15, -0.1) is 11.6 Å². The molecule has 0 aliphatic heterocycles. The Kier molecular flexibility index (Phi) is 4.20. The van der Waals surface area contributed by atoms with Crippen molar-refractivity contribution in [3.8, 4) is 0 Å². The first-order valence-corrected chi connectivity index (χ1v) is 5.93. The van der Waals surface area contributed by atoms with Gasteiger partial charge in [0.2, 0.25) is 0 Å². The Morgan fingerprint density at radius 1 is 1.31 bits per heavy atom. The van der Waals surface area contributed by atoms with E-state index in [0.29, 0.717) is 11.6 Å². The maximum atomic E-state index is 13.8. The predicted octanol–water partition coefficient (Wildman–Crippen LogP) is 4.05. The summed E-state index contributed by atoms with van der Waals surface area (Å²) in [5.74, 6) is 0.131. The highest BCUT2D eigenvalue weighted by Gasteiger charge is 2.18. The molecule has 0 spiro atoms. The van der Waals surface area contributed by atoms with Crippen molar-refractivity contribution in [2.24, 2.45) is 5.41 Å². The zero-order valence-electron chi connectivity index (χ0n) is 10.3. The van der Waals surface area contributed by atoms with Crippen LogP contribution in [0.15, 0.2) is 18.2 Å². The monoisotopic (exact) mass is 243 g/mol. The van der Waals surface area contributed by atoms with Crippen LogP contribution in [0.5, 0.6) is 0 Å². The molecule has 0 heterocycles. The molecule has 0 aromatic heterocycles. The molecule has 0 N–H and O–H groups in total. The SMILES string of the molecule is CN(CC(C)(C)C)c1c(F)cccc1CCl. The molecule has 0 amide bonds. The van der Waals surface area contributed by atoms with Crippen LogP contribution < -0.4 is 4.90 Å². The highest BCUT2D eigenvalue weighted by atomic mass is 35.5. The van der Waals surface area contributed by atoms with E-state index in [1.807, 2.05) is 18.0 Å². The average Bonchev–Trinajstić information content (AvgIpc) is 2.14. The summed E-state index contributed by atoms with van der Waals surface area (Å²) in [6, 6.07) is 5.04. The number of nitrogens with zero attached hydrogens (tertiary/aromatic N) is 1. The second-order valence-corrected chi connectivity index (χ2v) is 5.57. The van der Waals surface area contributed by atoms with Crippen molar-refractivity contribution in [1.29, 1.82) is 0 Å². The number of rotatable bonds is 3. The van der Waals surface area contributed by atoms with Crippen molar-refractivity contribution < 1.29 is 4.39 Å². The second kappa shape index (κ2) is 5.05. The lowest BCUT2D eigenvalue weighted by Gasteiger charge is -2.29. The summed E-state index contributed by atoms with van der Waals surface area (Å²) < 4.78 is 13.8. The maximum Gasteiger partial charge on any atom is 0.146 e. The quantitative estimate of drug-likeness (QED) is 0.724. The molecule has 0 saturated heterocycles. The molecule has 0 fully saturated rings. The van der Waals surface area contributed by atoms with Gasteiger partial charge in [-0.2, -0.15) is 0 Å². The molecule has 0 saturated carbocycles. The molecule has 1 aromatic rings. The molecule has 1 rings (SSSR count). The first kappa shape index (κ1) is 13.3. The molecule has 0 aliphatic carbocycles. The van der Waals surface area contributed by atoms with Crippen LogP contribution in [-0.2, 0) is 5.88 Å². The van der Waals surface area contributed by atoms with Gasteiger partial charge in [0.25, 0.3) is 0 Å². The van der Waals surface area contributed by atoms with Crippen LogP contribution >= 0.6 is 11.6 Å². The number of para-hydroxylation sites is 1. The van der Waals surface area contributed by atoms with Crippen molar-refractivity contribution in [3.63, 3.8) is 0 Å². The first-order valence-electron chi connectivity index (χ1n) is 5.39. The minimum absolute atomic E-state index is 0.126. The summed E-state index contributed by atoms with van der Waals surface area (Å²) in [5, 5.41) is 0. The summed E-state index contributed by atoms with van der Waals surface area (Å²) in [7, 11) is 1.90. The van der Waals surface area contributed by atoms with Crippen molar-refractivity contribution in [2.45, 2.75) is 26.7 Å². The van der Waals surface area contributed by atoms with Crippen LogP contribution in [0.2, 0.25) is 0 Å². The van der Waals surface area contributed by atoms with Gasteiger partial charge in [-0.25, -0.2) is 4.39 Å². The minimum atomic E-state index is -0.204. The Labute approximate surface area is 102 Å². The zero-order valence-corrected chi connectivity index (χ0v) is 11.1. The molecule has 0 unspecified atom stereocenters. The van der Waals surface area contributed by atoms with E-state index >= 15 is 0 Å². The van der Waals surface area contributed by atoms with Gasteiger partial charge in [-0.05, 0) is 17.0 Å². The third-order valence-corrected chi connectivity index (χ3v) is 2.60. The molecule has 0 aliphatic rings. The Bertz CT molecular complexity index is 357. The molecule has 90 valence electrons. The van der Waals surface area contributed by atoms with Gasteiger partial charge in [0, 0.05) is 19.5 Å². The predicted molar refractivity (Wildman–Crippen MR) is 68.7 cm³/mol. The van der Waals surface area contributed by atoms with E-state index in [0.717, 1.165) is 12.1 Å². The lowest BCUT2D eigenvalue weighted by Crippen LogP contribution is -2.30. The van der Waals surface area contributed by atoms with Gasteiger partial charge in [0.15, 0.2) is 0 Å². The lowest BCUT2D eigenvalue weighted by atomic mass is 9.95. The lowest BCUT2D eigenvalue weighted by molar-refractivity contribution is 0.416. The van der Waals surface area contributed by atoms with Gasteiger partial charge < -0.3 is 4.90 Å². The fourth-order valence-electron chi connectivity index (χ4n) is 1.89. The van der Waals surface area contributed by atoms with Crippen molar-refractivity contribution in [2.75, 3.05) is 18.5 Å². The summed E-state index contributed by atoms with van der Waals surface area (Å²) >= 11 is 5.83. The van der Waals surface area contributed by atoms with E-state index in [9.17, 15) is 4.39 Å². The number of anilines is 1. The van der Waals surface area contributed by atoms with Crippen molar-refractivity contribution in [1.82, 2.24) is 0 Å². The number of halogens is 2. The zero-order chi connectivity index (χ0) is 12.3. The Morgan fingerprint density at radius 3 is 2.44 bits per heavy atom. The van der Waals surface area contributed by atoms with Crippen LogP contribution in [0.3, 0.4) is 0 Å². The minimum Gasteiger partial charge on any atom is -0.371 e. The van der Waals surface area contributed by atoms with E-state index in [1.54, 1.807) is 6.07 Å². The molecular weight excluding hydrogens is 225 g/mol. The summed E-state index contributed by atoms with van der Waals surface area (Å²) in [5.41, 5.74) is 1.58. The first-order chi connectivity index (χ1) is 7.35. The Hall–Kier alpha value is -0.760. The van der Waals surface area contributed by atoms with Gasteiger partial charge in [-0.3, -0.25) is 0 Å². The number of hydrogen-bond acceptors (Lipinski definition) is 1. The highest BCUT2D eigenvalue weighted by Crippen LogP contribution is 2.27. The van der Waals surface area contributed by atoms with Gasteiger partial charge in [-0.1, -0.05) is 32.9 Å². The van der Waals surface area contributed by atoms with Crippen LogP contribution in [0, 0.1) is 11.2 Å². The van der Waals surface area contributed by atoms with E-state index in [-0.39, 0.29) is 11.2 Å².